The third kappa shape index (κ3) is 6.63. The summed E-state index contributed by atoms with van der Waals surface area (Å²) in [5, 5.41) is 10.8. The molecule has 3 heterocycles. The van der Waals surface area contributed by atoms with Crippen molar-refractivity contribution in [1.29, 1.82) is 0 Å². The summed E-state index contributed by atoms with van der Waals surface area (Å²) in [6.07, 6.45) is 2.42. The Morgan fingerprint density at radius 2 is 1.72 bits per heavy atom. The zero-order chi connectivity index (χ0) is 33.0. The van der Waals surface area contributed by atoms with Gasteiger partial charge in [0.05, 0.1) is 47.8 Å². The number of hydrogen-bond donors (Lipinski definition) is 1. The maximum atomic E-state index is 12.3. The van der Waals surface area contributed by atoms with Gasteiger partial charge < -0.3 is 24.4 Å². The van der Waals surface area contributed by atoms with E-state index in [-0.39, 0.29) is 24.4 Å². The summed E-state index contributed by atoms with van der Waals surface area (Å²) in [6.45, 7) is 2.69. The maximum absolute atomic E-state index is 12.3. The zero-order valence-electron chi connectivity index (χ0n) is 25.5. The molecule has 5 rings (SSSR count). The van der Waals surface area contributed by atoms with Crippen LogP contribution in [0.1, 0.15) is 35.7 Å². The predicted molar refractivity (Wildman–Crippen MR) is 176 cm³/mol. The third-order valence-electron chi connectivity index (χ3n) is 8.16. The number of hydrogen-bond acceptors (Lipinski definition) is 7. The van der Waals surface area contributed by atoms with Gasteiger partial charge in [-0.25, -0.2) is 9.78 Å². The summed E-state index contributed by atoms with van der Waals surface area (Å²) in [4.78, 5) is 47.5. The van der Waals surface area contributed by atoms with Crippen LogP contribution >= 0.6 is 23.2 Å². The van der Waals surface area contributed by atoms with Crippen LogP contribution in [-0.4, -0.2) is 76.5 Å². The number of carbonyl (C=O) groups is 3. The van der Waals surface area contributed by atoms with Crippen LogP contribution < -0.4 is 9.47 Å². The van der Waals surface area contributed by atoms with Crippen LogP contribution in [0.2, 0.25) is 10.0 Å². The van der Waals surface area contributed by atoms with Crippen molar-refractivity contribution in [2.75, 3.05) is 27.3 Å². The van der Waals surface area contributed by atoms with Crippen molar-refractivity contribution in [3.05, 3.63) is 82.0 Å². The van der Waals surface area contributed by atoms with E-state index >= 15 is 0 Å². The minimum absolute atomic E-state index is 0.00745. The van der Waals surface area contributed by atoms with Crippen molar-refractivity contribution in [3.63, 3.8) is 0 Å². The Balaban J connectivity index is 1.45. The lowest BCUT2D eigenvalue weighted by atomic mass is 9.98. The van der Waals surface area contributed by atoms with Gasteiger partial charge in [0.2, 0.25) is 11.8 Å². The molecule has 2 amide bonds. The number of ether oxygens (including phenoxy) is 2. The molecule has 0 aliphatic carbocycles. The van der Waals surface area contributed by atoms with Crippen LogP contribution in [0.25, 0.3) is 33.6 Å². The number of amides is 2. The fourth-order valence-corrected chi connectivity index (χ4v) is 6.34. The average Bonchev–Trinajstić information content (AvgIpc) is 3.07. The second-order valence-corrected chi connectivity index (χ2v) is 11.5. The molecule has 46 heavy (non-hydrogen) atoms. The van der Waals surface area contributed by atoms with Gasteiger partial charge in [0, 0.05) is 60.1 Å². The Kier molecular flexibility index (Phi) is 10.1. The van der Waals surface area contributed by atoms with Crippen molar-refractivity contribution in [2.24, 2.45) is 0 Å². The van der Waals surface area contributed by atoms with E-state index in [2.05, 4.69) is 9.97 Å². The van der Waals surface area contributed by atoms with Crippen LogP contribution in [0.15, 0.2) is 60.8 Å². The highest BCUT2D eigenvalue weighted by atomic mass is 35.5. The van der Waals surface area contributed by atoms with E-state index in [1.165, 1.54) is 26.0 Å². The molecule has 2 aromatic carbocycles. The molecule has 1 fully saturated rings. The summed E-state index contributed by atoms with van der Waals surface area (Å²) in [5.41, 5.74) is 4.64. The lowest BCUT2D eigenvalue weighted by Crippen LogP contribution is -2.47. The second-order valence-electron chi connectivity index (χ2n) is 10.8. The lowest BCUT2D eigenvalue weighted by molar-refractivity contribution is -0.130. The first-order valence-corrected chi connectivity index (χ1v) is 15.3. The Morgan fingerprint density at radius 3 is 2.37 bits per heavy atom. The largest absolute Gasteiger partial charge is 0.496 e. The number of halogens is 2. The number of carboxylic acid groups (broad SMARTS) is 1. The Labute approximate surface area is 276 Å². The molecule has 0 atom stereocenters. The normalized spacial score (nSPS) is 13.3. The summed E-state index contributed by atoms with van der Waals surface area (Å²) in [7, 11) is 2.97. The quantitative estimate of drug-likeness (QED) is 0.188. The molecule has 1 aliphatic rings. The minimum atomic E-state index is -1.03. The van der Waals surface area contributed by atoms with Gasteiger partial charge in [0.25, 0.3) is 0 Å². The molecule has 1 N–H and O–H groups in total. The molecule has 1 aliphatic heterocycles. The first-order valence-electron chi connectivity index (χ1n) is 14.5. The van der Waals surface area contributed by atoms with E-state index < -0.39 is 6.09 Å². The van der Waals surface area contributed by atoms with Crippen LogP contribution in [0.4, 0.5) is 4.79 Å². The highest BCUT2D eigenvalue weighted by Crippen LogP contribution is 2.42. The standard InChI is InChI=1S/C34H32Cl2N4O6/c1-20(42)39-15-12-24(13-16-39)40(34(43)44)18-22-8-7-21(17-29(22)45-2)32-31(36)26(11-14-37-32)25-5-4-6-27(30(25)35)28-10-9-23(19-41)33(38-28)46-3/h4-11,14,17,19,24H,12-13,15-16,18H2,1-3H3,(H,43,44). The van der Waals surface area contributed by atoms with Crippen LogP contribution in [0, 0.1) is 0 Å². The van der Waals surface area contributed by atoms with Gasteiger partial charge in [-0.2, -0.15) is 0 Å². The van der Waals surface area contributed by atoms with Gasteiger partial charge in [-0.05, 0) is 37.1 Å². The van der Waals surface area contributed by atoms with Crippen molar-refractivity contribution in [3.8, 4) is 45.3 Å². The van der Waals surface area contributed by atoms with E-state index in [9.17, 15) is 19.5 Å². The monoisotopic (exact) mass is 662 g/mol. The fraction of sp³-hybridized carbons (Fsp3) is 0.265. The molecular weight excluding hydrogens is 631 g/mol. The third-order valence-corrected chi connectivity index (χ3v) is 8.95. The fourth-order valence-electron chi connectivity index (χ4n) is 5.70. The Morgan fingerprint density at radius 1 is 1.00 bits per heavy atom. The van der Waals surface area contributed by atoms with Crippen molar-refractivity contribution in [2.45, 2.75) is 32.4 Å². The van der Waals surface area contributed by atoms with E-state index in [1.54, 1.807) is 35.4 Å². The van der Waals surface area contributed by atoms with E-state index in [0.717, 1.165) is 0 Å². The number of carbonyl (C=O) groups excluding carboxylic acids is 2. The minimum Gasteiger partial charge on any atom is -0.496 e. The summed E-state index contributed by atoms with van der Waals surface area (Å²) in [6, 6.07) is 15.8. The highest BCUT2D eigenvalue weighted by molar-refractivity contribution is 6.39. The summed E-state index contributed by atoms with van der Waals surface area (Å²) >= 11 is 13.9. The second kappa shape index (κ2) is 14.2. The molecule has 4 aromatic rings. The molecule has 238 valence electrons. The van der Waals surface area contributed by atoms with E-state index in [4.69, 9.17) is 32.7 Å². The number of nitrogens with zero attached hydrogens (tertiary/aromatic N) is 4. The zero-order valence-corrected chi connectivity index (χ0v) is 27.0. The number of methoxy groups -OCH3 is 2. The van der Waals surface area contributed by atoms with Crippen molar-refractivity contribution < 1.29 is 29.0 Å². The van der Waals surface area contributed by atoms with Gasteiger partial charge >= 0.3 is 6.09 Å². The van der Waals surface area contributed by atoms with Crippen molar-refractivity contribution in [1.82, 2.24) is 19.8 Å². The maximum Gasteiger partial charge on any atom is 0.407 e. The van der Waals surface area contributed by atoms with E-state index in [1.807, 2.05) is 30.3 Å². The molecule has 10 nitrogen and oxygen atoms in total. The molecule has 2 aromatic heterocycles. The molecule has 12 heteroatoms. The van der Waals surface area contributed by atoms with E-state index in [0.29, 0.717) is 92.8 Å². The summed E-state index contributed by atoms with van der Waals surface area (Å²) < 4.78 is 11.0. The summed E-state index contributed by atoms with van der Waals surface area (Å²) in [5.74, 6) is 0.680. The topological polar surface area (TPSA) is 122 Å². The number of rotatable bonds is 9. The van der Waals surface area contributed by atoms with Crippen LogP contribution in [0.3, 0.4) is 0 Å². The van der Waals surface area contributed by atoms with Crippen molar-refractivity contribution >= 4 is 41.5 Å². The van der Waals surface area contributed by atoms with Crippen LogP contribution in [-0.2, 0) is 11.3 Å². The molecule has 0 saturated carbocycles. The number of benzene rings is 2. The SMILES string of the molecule is COc1cc(-c2nccc(-c3cccc(-c4ccc(C=O)c(OC)n4)c3Cl)c2Cl)ccc1CN(C(=O)O)C1CCN(C(C)=O)CC1. The Bertz CT molecular complexity index is 1790. The first-order chi connectivity index (χ1) is 22.2. The molecular formula is C34H32Cl2N4O6. The number of aromatic nitrogens is 2. The Hall–Kier alpha value is -4.67. The van der Waals surface area contributed by atoms with Crippen LogP contribution in [0.5, 0.6) is 11.6 Å². The molecule has 0 bridgehead atoms. The number of pyridine rings is 2. The molecule has 0 unspecified atom stereocenters. The lowest BCUT2D eigenvalue weighted by Gasteiger charge is -2.37. The number of aldehydes is 1. The van der Waals surface area contributed by atoms with Gasteiger partial charge in [0.15, 0.2) is 6.29 Å². The predicted octanol–water partition coefficient (Wildman–Crippen LogP) is 7.11. The average molecular weight is 664 g/mol. The number of piperidine rings is 1. The van der Waals surface area contributed by atoms with Gasteiger partial charge in [0.1, 0.15) is 5.75 Å². The van der Waals surface area contributed by atoms with Gasteiger partial charge in [-0.3, -0.25) is 14.6 Å². The smallest absolute Gasteiger partial charge is 0.407 e. The molecule has 0 radical (unpaired) electrons. The van der Waals surface area contributed by atoms with Gasteiger partial charge in [-0.1, -0.05) is 53.5 Å². The van der Waals surface area contributed by atoms with Gasteiger partial charge in [-0.15, -0.1) is 0 Å². The highest BCUT2D eigenvalue weighted by Gasteiger charge is 2.29. The first kappa shape index (κ1) is 32.7. The molecule has 0 spiro atoms. The number of likely N-dealkylation sites (tertiary alicyclic amines) is 1. The molecule has 1 saturated heterocycles.